The molecule has 0 heterocycles. The molecule has 0 radical (unpaired) electrons. The number of carbonyl (C=O) groups excluding carboxylic acids is 1. The third kappa shape index (κ3) is 1.33. The maximum absolute atomic E-state index is 11.5. The lowest BCUT2D eigenvalue weighted by atomic mass is 9.95. The summed E-state index contributed by atoms with van der Waals surface area (Å²) in [6.07, 6.45) is 3.16. The van der Waals surface area contributed by atoms with Crippen molar-refractivity contribution in [2.45, 2.75) is 0 Å². The molecule has 0 saturated heterocycles. The Balaban J connectivity index is 2.58. The van der Waals surface area contributed by atoms with Crippen LogP contribution in [0.4, 0.5) is 0 Å². The summed E-state index contributed by atoms with van der Waals surface area (Å²) in [5.74, 6) is 0.00986. The third-order valence-corrected chi connectivity index (χ3v) is 2.05. The van der Waals surface area contributed by atoms with Gasteiger partial charge in [-0.3, -0.25) is 4.79 Å². The van der Waals surface area contributed by atoms with Gasteiger partial charge in [0.2, 0.25) is 0 Å². The number of hydrogen-bond acceptors (Lipinski definition) is 3. The smallest absolute Gasteiger partial charge is 0.186 e. The second-order valence-corrected chi connectivity index (χ2v) is 2.90. The molecule has 1 aliphatic rings. The predicted molar refractivity (Wildman–Crippen MR) is 53.5 cm³/mol. The van der Waals surface area contributed by atoms with E-state index in [-0.39, 0.29) is 5.78 Å². The van der Waals surface area contributed by atoms with Crippen molar-refractivity contribution in [3.63, 3.8) is 0 Å². The highest BCUT2D eigenvalue weighted by atomic mass is 16.6. The van der Waals surface area contributed by atoms with Crippen molar-refractivity contribution in [2.24, 2.45) is 5.16 Å². The summed E-state index contributed by atoms with van der Waals surface area (Å²) in [5.41, 5.74) is 2.18. The molecule has 3 heteroatoms. The van der Waals surface area contributed by atoms with Crippen LogP contribution in [0, 0.1) is 0 Å². The molecule has 0 amide bonds. The molecule has 1 aromatic rings. The Morgan fingerprint density at radius 1 is 1.14 bits per heavy atom. The summed E-state index contributed by atoms with van der Waals surface area (Å²) in [6.45, 7) is 0. The van der Waals surface area contributed by atoms with Gasteiger partial charge in [-0.1, -0.05) is 29.4 Å². The van der Waals surface area contributed by atoms with Gasteiger partial charge in [0.1, 0.15) is 12.8 Å². The van der Waals surface area contributed by atoms with Crippen molar-refractivity contribution in [2.75, 3.05) is 7.11 Å². The van der Waals surface area contributed by atoms with Gasteiger partial charge in [-0.25, -0.2) is 0 Å². The van der Waals surface area contributed by atoms with Gasteiger partial charge in [-0.05, 0) is 12.2 Å². The summed E-state index contributed by atoms with van der Waals surface area (Å²) in [7, 11) is 1.49. The van der Waals surface area contributed by atoms with Crippen molar-refractivity contribution < 1.29 is 9.63 Å². The number of fused-ring (bicyclic) bond motifs is 1. The van der Waals surface area contributed by atoms with Gasteiger partial charge in [0.15, 0.2) is 5.78 Å². The van der Waals surface area contributed by atoms with Crippen LogP contribution in [0.25, 0.3) is 0 Å². The second-order valence-electron chi connectivity index (χ2n) is 2.90. The zero-order chi connectivity index (χ0) is 9.97. The largest absolute Gasteiger partial charge is 0.399 e. The molecule has 0 aromatic heterocycles. The van der Waals surface area contributed by atoms with Crippen molar-refractivity contribution in [1.29, 1.82) is 0 Å². The first-order chi connectivity index (χ1) is 6.83. The van der Waals surface area contributed by atoms with Gasteiger partial charge in [0, 0.05) is 11.1 Å². The van der Waals surface area contributed by atoms with E-state index in [4.69, 9.17) is 4.84 Å². The van der Waals surface area contributed by atoms with Crippen LogP contribution < -0.4 is 0 Å². The Morgan fingerprint density at radius 3 is 2.57 bits per heavy atom. The normalized spacial score (nSPS) is 16.9. The van der Waals surface area contributed by atoms with E-state index < -0.39 is 0 Å². The van der Waals surface area contributed by atoms with Crippen molar-refractivity contribution in [3.05, 3.63) is 47.5 Å². The molecule has 70 valence electrons. The summed E-state index contributed by atoms with van der Waals surface area (Å²) < 4.78 is 0. The molecule has 0 saturated carbocycles. The van der Waals surface area contributed by atoms with Gasteiger partial charge < -0.3 is 4.84 Å². The zero-order valence-corrected chi connectivity index (χ0v) is 7.73. The average molecular weight is 187 g/mol. The van der Waals surface area contributed by atoms with E-state index in [1.54, 1.807) is 12.1 Å². The van der Waals surface area contributed by atoms with Crippen molar-refractivity contribution in [1.82, 2.24) is 0 Å². The maximum Gasteiger partial charge on any atom is 0.186 e. The summed E-state index contributed by atoms with van der Waals surface area (Å²) >= 11 is 0. The number of oxime groups is 1. The molecule has 3 nitrogen and oxygen atoms in total. The van der Waals surface area contributed by atoms with E-state index in [1.807, 2.05) is 18.2 Å². The van der Waals surface area contributed by atoms with Gasteiger partial charge in [-0.2, -0.15) is 0 Å². The number of nitrogens with zero attached hydrogens (tertiary/aromatic N) is 1. The van der Waals surface area contributed by atoms with Gasteiger partial charge in [-0.15, -0.1) is 0 Å². The number of allylic oxidation sites excluding steroid dienone is 2. The van der Waals surface area contributed by atoms with Crippen LogP contribution in [0.1, 0.15) is 15.9 Å². The molecular weight excluding hydrogens is 178 g/mol. The predicted octanol–water partition coefficient (Wildman–Crippen LogP) is 1.79. The minimum Gasteiger partial charge on any atom is -0.399 e. The first kappa shape index (κ1) is 8.69. The standard InChI is InChI=1S/C11H9NO2/c1-14-12-10-6-7-11(13)9-5-3-2-4-8(9)10/h2-7H,1H3/b12-10-. The van der Waals surface area contributed by atoms with Crippen molar-refractivity contribution in [3.8, 4) is 0 Å². The van der Waals surface area contributed by atoms with E-state index in [0.29, 0.717) is 11.3 Å². The Kier molecular flexibility index (Phi) is 2.14. The van der Waals surface area contributed by atoms with E-state index in [0.717, 1.165) is 5.56 Å². The fourth-order valence-electron chi connectivity index (χ4n) is 1.43. The molecule has 1 aromatic carbocycles. The van der Waals surface area contributed by atoms with E-state index in [2.05, 4.69) is 5.16 Å². The lowest BCUT2D eigenvalue weighted by Crippen LogP contribution is -2.12. The highest BCUT2D eigenvalue weighted by Gasteiger charge is 2.16. The Hall–Kier alpha value is -1.90. The van der Waals surface area contributed by atoms with Crippen LogP contribution in [0.15, 0.2) is 41.6 Å². The fraction of sp³-hybridized carbons (Fsp3) is 0.0909. The molecule has 0 N–H and O–H groups in total. The Morgan fingerprint density at radius 2 is 1.86 bits per heavy atom. The van der Waals surface area contributed by atoms with Crippen LogP contribution >= 0.6 is 0 Å². The highest BCUT2D eigenvalue weighted by molar-refractivity contribution is 6.23. The maximum atomic E-state index is 11.5. The molecule has 0 spiro atoms. The third-order valence-electron chi connectivity index (χ3n) is 2.05. The first-order valence-electron chi connectivity index (χ1n) is 4.26. The Bertz CT molecular complexity index is 433. The minimum absolute atomic E-state index is 0.00986. The molecule has 0 fully saturated rings. The molecule has 1 aliphatic carbocycles. The number of hydrogen-bond donors (Lipinski definition) is 0. The summed E-state index contributed by atoms with van der Waals surface area (Å²) in [4.78, 5) is 16.2. The topological polar surface area (TPSA) is 38.7 Å². The molecule has 2 rings (SSSR count). The van der Waals surface area contributed by atoms with Crippen LogP contribution in [0.2, 0.25) is 0 Å². The molecule has 0 unspecified atom stereocenters. The monoisotopic (exact) mass is 187 g/mol. The van der Waals surface area contributed by atoms with Crippen LogP contribution in [-0.4, -0.2) is 18.6 Å². The second kappa shape index (κ2) is 3.46. The molecular formula is C11H9NO2. The van der Waals surface area contributed by atoms with Gasteiger partial charge in [0.25, 0.3) is 0 Å². The quantitative estimate of drug-likeness (QED) is 0.628. The Labute approximate surface area is 81.7 Å². The zero-order valence-electron chi connectivity index (χ0n) is 7.73. The SMILES string of the molecule is CO/N=C1/C=CC(=O)c2ccccc21. The van der Waals surface area contributed by atoms with Gasteiger partial charge in [0.05, 0.1) is 0 Å². The molecule has 14 heavy (non-hydrogen) atoms. The lowest BCUT2D eigenvalue weighted by molar-refractivity contribution is 0.104. The average Bonchev–Trinajstić information content (AvgIpc) is 2.23. The number of rotatable bonds is 1. The van der Waals surface area contributed by atoms with Crippen molar-refractivity contribution >= 4 is 11.5 Å². The van der Waals surface area contributed by atoms with Crippen LogP contribution in [0.5, 0.6) is 0 Å². The molecule has 0 bridgehead atoms. The molecule has 0 aliphatic heterocycles. The van der Waals surface area contributed by atoms with E-state index in [1.165, 1.54) is 13.2 Å². The number of benzene rings is 1. The number of carbonyl (C=O) groups is 1. The highest BCUT2D eigenvalue weighted by Crippen LogP contribution is 2.16. The van der Waals surface area contributed by atoms with E-state index >= 15 is 0 Å². The molecule has 0 atom stereocenters. The number of ketones is 1. The lowest BCUT2D eigenvalue weighted by Gasteiger charge is -2.10. The minimum atomic E-state index is 0.00986. The van der Waals surface area contributed by atoms with Gasteiger partial charge >= 0.3 is 0 Å². The van der Waals surface area contributed by atoms with Crippen LogP contribution in [0.3, 0.4) is 0 Å². The van der Waals surface area contributed by atoms with E-state index in [9.17, 15) is 4.79 Å². The first-order valence-corrected chi connectivity index (χ1v) is 4.26. The summed E-state index contributed by atoms with van der Waals surface area (Å²) in [5, 5.41) is 3.84. The van der Waals surface area contributed by atoms with Crippen LogP contribution in [-0.2, 0) is 4.84 Å². The fourth-order valence-corrected chi connectivity index (χ4v) is 1.43. The summed E-state index contributed by atoms with van der Waals surface area (Å²) in [6, 6.07) is 7.34.